The Labute approximate surface area is 303 Å². The molecule has 0 N–H and O–H groups in total. The highest BCUT2D eigenvalue weighted by atomic mass is 16.4. The van der Waals surface area contributed by atoms with Crippen LogP contribution in [-0.2, 0) is 0 Å². The summed E-state index contributed by atoms with van der Waals surface area (Å²) in [4.78, 5) is 13.7. The Hall–Kier alpha value is -7.17. The summed E-state index contributed by atoms with van der Waals surface area (Å²) in [7, 11) is 0. The van der Waals surface area contributed by atoms with Crippen LogP contribution in [0.25, 0.3) is 105 Å². The first-order chi connectivity index (χ1) is 26.2. The molecule has 3 aromatic heterocycles. The number of benzene rings is 8. The Bertz CT molecular complexity index is 3300. The minimum absolute atomic E-state index is 0.353. The number of nitrogens with zero attached hydrogens (tertiary/aromatic N) is 1. The number of furan rings is 1. The molecule has 0 atom stereocenters. The van der Waals surface area contributed by atoms with Crippen LogP contribution < -0.4 is 5.63 Å². The van der Waals surface area contributed by atoms with E-state index >= 15 is 0 Å². The van der Waals surface area contributed by atoms with E-state index in [1.54, 1.807) is 0 Å². The van der Waals surface area contributed by atoms with Crippen molar-refractivity contribution < 1.29 is 8.83 Å². The van der Waals surface area contributed by atoms with Crippen molar-refractivity contribution in [2.24, 2.45) is 0 Å². The number of hydrogen-bond donors (Lipinski definition) is 0. The lowest BCUT2D eigenvalue weighted by Gasteiger charge is -2.10. The van der Waals surface area contributed by atoms with E-state index in [2.05, 4.69) is 108 Å². The smallest absolute Gasteiger partial charge is 0.344 e. The highest BCUT2D eigenvalue weighted by Crippen LogP contribution is 2.41. The van der Waals surface area contributed by atoms with Gasteiger partial charge in [0.05, 0.1) is 16.4 Å². The fourth-order valence-electron chi connectivity index (χ4n) is 8.22. The first-order valence-corrected chi connectivity index (χ1v) is 17.8. The third-order valence-electron chi connectivity index (χ3n) is 10.7. The summed E-state index contributed by atoms with van der Waals surface area (Å²) in [5.74, 6) is 0. The van der Waals surface area contributed by atoms with Crippen LogP contribution in [0, 0.1) is 0 Å². The molecule has 0 bridgehead atoms. The van der Waals surface area contributed by atoms with E-state index in [-0.39, 0.29) is 5.63 Å². The molecule has 3 heterocycles. The Morgan fingerprint density at radius 2 is 1.04 bits per heavy atom. The molecule has 248 valence electrons. The van der Waals surface area contributed by atoms with E-state index in [0.29, 0.717) is 11.0 Å². The molecular formula is C49H29NO3. The lowest BCUT2D eigenvalue weighted by Crippen LogP contribution is -2.01. The van der Waals surface area contributed by atoms with Gasteiger partial charge >= 0.3 is 5.63 Å². The molecule has 53 heavy (non-hydrogen) atoms. The maximum atomic E-state index is 13.7. The minimum atomic E-state index is -0.353. The average molecular weight is 680 g/mol. The van der Waals surface area contributed by atoms with E-state index in [0.717, 1.165) is 71.8 Å². The molecule has 0 spiro atoms. The summed E-state index contributed by atoms with van der Waals surface area (Å²) < 4.78 is 14.8. The molecule has 0 aliphatic heterocycles. The van der Waals surface area contributed by atoms with Crippen LogP contribution in [0.5, 0.6) is 0 Å². The van der Waals surface area contributed by atoms with Crippen LogP contribution in [-0.4, -0.2) is 4.57 Å². The Balaban J connectivity index is 1.07. The van der Waals surface area contributed by atoms with Gasteiger partial charge in [-0.05, 0) is 87.8 Å². The quantitative estimate of drug-likeness (QED) is 0.137. The van der Waals surface area contributed by atoms with Gasteiger partial charge in [-0.3, -0.25) is 0 Å². The summed E-state index contributed by atoms with van der Waals surface area (Å²) in [5.41, 5.74) is 11.4. The van der Waals surface area contributed by atoms with Gasteiger partial charge in [0, 0.05) is 38.2 Å². The van der Waals surface area contributed by atoms with Gasteiger partial charge in [0.15, 0.2) is 0 Å². The third kappa shape index (κ3) is 4.52. The van der Waals surface area contributed by atoms with E-state index in [9.17, 15) is 4.79 Å². The number of para-hydroxylation sites is 3. The fraction of sp³-hybridized carbons (Fsp3) is 0. The van der Waals surface area contributed by atoms with Crippen molar-refractivity contribution in [3.05, 3.63) is 186 Å². The summed E-state index contributed by atoms with van der Waals surface area (Å²) in [6, 6.07) is 60.6. The second-order valence-corrected chi connectivity index (χ2v) is 13.6. The van der Waals surface area contributed by atoms with Gasteiger partial charge in [-0.2, -0.15) is 0 Å². The van der Waals surface area contributed by atoms with Gasteiger partial charge in [0.2, 0.25) is 0 Å². The Morgan fingerprint density at radius 1 is 0.377 bits per heavy atom. The SMILES string of the molecule is O=c1oc2c(-c3ccccc3)cccc2c2ccc(-c3cccc4oc5ccc(-c6ccc7c(c6)c6ccccc6n7-c6ccccc6)cc5c34)cc12. The molecule has 0 unspecified atom stereocenters. The van der Waals surface area contributed by atoms with Crippen molar-refractivity contribution >= 4 is 65.5 Å². The molecule has 0 saturated heterocycles. The standard InChI is InChI=1S/C49H29NO3/c51-49-41-29-33(21-24-37(41)39-18-9-17-36(48(39)53-49)30-11-3-1-4-12-30)35-16-10-20-46-47(35)42-28-32(23-26-45(42)52-46)31-22-25-44-40(27-31)38-15-7-8-19-43(38)50(44)34-13-5-2-6-14-34/h1-29H. The molecule has 0 radical (unpaired) electrons. The van der Waals surface area contributed by atoms with Gasteiger partial charge in [-0.1, -0.05) is 121 Å². The molecule has 0 fully saturated rings. The van der Waals surface area contributed by atoms with Crippen molar-refractivity contribution in [1.82, 2.24) is 4.57 Å². The lowest BCUT2D eigenvalue weighted by molar-refractivity contribution is 0.570. The van der Waals surface area contributed by atoms with Crippen LogP contribution in [0.15, 0.2) is 190 Å². The van der Waals surface area contributed by atoms with Crippen LogP contribution in [0.1, 0.15) is 0 Å². The topological polar surface area (TPSA) is 48.3 Å². The molecule has 0 amide bonds. The Morgan fingerprint density at radius 3 is 1.91 bits per heavy atom. The van der Waals surface area contributed by atoms with Crippen molar-refractivity contribution in [1.29, 1.82) is 0 Å². The van der Waals surface area contributed by atoms with Gasteiger partial charge in [0.25, 0.3) is 0 Å². The number of fused-ring (bicyclic) bond motifs is 9. The molecular weight excluding hydrogens is 651 g/mol. The van der Waals surface area contributed by atoms with Crippen molar-refractivity contribution in [3.8, 4) is 39.1 Å². The fourth-order valence-corrected chi connectivity index (χ4v) is 8.22. The Kier molecular flexibility index (Phi) is 6.37. The molecule has 0 aliphatic rings. The zero-order chi connectivity index (χ0) is 35.0. The zero-order valence-corrected chi connectivity index (χ0v) is 28.4. The highest BCUT2D eigenvalue weighted by molar-refractivity contribution is 6.16. The normalized spacial score (nSPS) is 11.8. The molecule has 0 saturated carbocycles. The molecule has 11 rings (SSSR count). The van der Waals surface area contributed by atoms with E-state index in [1.165, 1.54) is 21.8 Å². The van der Waals surface area contributed by atoms with Crippen LogP contribution in [0.4, 0.5) is 0 Å². The number of rotatable bonds is 4. The van der Waals surface area contributed by atoms with Gasteiger partial charge in [-0.25, -0.2) is 4.79 Å². The van der Waals surface area contributed by atoms with Gasteiger partial charge in [0.1, 0.15) is 16.7 Å². The highest BCUT2D eigenvalue weighted by Gasteiger charge is 2.18. The largest absolute Gasteiger partial charge is 0.456 e. The average Bonchev–Trinajstić information content (AvgIpc) is 3.76. The van der Waals surface area contributed by atoms with Crippen molar-refractivity contribution in [3.63, 3.8) is 0 Å². The molecule has 0 aliphatic carbocycles. The summed E-state index contributed by atoms with van der Waals surface area (Å²) >= 11 is 0. The summed E-state index contributed by atoms with van der Waals surface area (Å²) in [6.45, 7) is 0. The van der Waals surface area contributed by atoms with Crippen molar-refractivity contribution in [2.75, 3.05) is 0 Å². The second-order valence-electron chi connectivity index (χ2n) is 13.6. The van der Waals surface area contributed by atoms with E-state index in [4.69, 9.17) is 8.83 Å². The van der Waals surface area contributed by atoms with E-state index in [1.807, 2.05) is 72.8 Å². The van der Waals surface area contributed by atoms with E-state index < -0.39 is 0 Å². The van der Waals surface area contributed by atoms with Crippen LogP contribution in [0.3, 0.4) is 0 Å². The predicted octanol–water partition coefficient (Wildman–Crippen LogP) is 12.9. The summed E-state index contributed by atoms with van der Waals surface area (Å²) in [5, 5.41) is 6.79. The molecule has 8 aromatic carbocycles. The zero-order valence-electron chi connectivity index (χ0n) is 28.4. The number of hydrogen-bond acceptors (Lipinski definition) is 3. The molecule has 11 aromatic rings. The third-order valence-corrected chi connectivity index (χ3v) is 10.7. The maximum absolute atomic E-state index is 13.7. The van der Waals surface area contributed by atoms with Crippen LogP contribution in [0.2, 0.25) is 0 Å². The van der Waals surface area contributed by atoms with Crippen LogP contribution >= 0.6 is 0 Å². The monoisotopic (exact) mass is 679 g/mol. The van der Waals surface area contributed by atoms with Gasteiger partial charge < -0.3 is 13.4 Å². The maximum Gasteiger partial charge on any atom is 0.344 e. The minimum Gasteiger partial charge on any atom is -0.456 e. The van der Waals surface area contributed by atoms with Gasteiger partial charge in [-0.15, -0.1) is 0 Å². The second kappa shape index (κ2) is 11.4. The predicted molar refractivity (Wildman–Crippen MR) is 218 cm³/mol. The first kappa shape index (κ1) is 29.5. The van der Waals surface area contributed by atoms with Crippen molar-refractivity contribution in [2.45, 2.75) is 0 Å². The first-order valence-electron chi connectivity index (χ1n) is 17.8. The molecule has 4 heteroatoms. The summed E-state index contributed by atoms with van der Waals surface area (Å²) in [6.07, 6.45) is 0. The lowest BCUT2D eigenvalue weighted by atomic mass is 9.94. The molecule has 4 nitrogen and oxygen atoms in total. The number of aromatic nitrogens is 1.